The number of nitriles is 1. The summed E-state index contributed by atoms with van der Waals surface area (Å²) in [6.45, 7) is 5.06. The van der Waals surface area contributed by atoms with E-state index in [-0.39, 0.29) is 12.1 Å². The molecule has 0 saturated carbocycles. The third kappa shape index (κ3) is 4.68. The Labute approximate surface area is 189 Å². The minimum absolute atomic E-state index is 0.0374. The second kappa shape index (κ2) is 9.78. The van der Waals surface area contributed by atoms with E-state index in [4.69, 9.17) is 24.2 Å². The van der Waals surface area contributed by atoms with Gasteiger partial charge in [-0.05, 0) is 36.2 Å². The van der Waals surface area contributed by atoms with Crippen molar-refractivity contribution in [2.45, 2.75) is 37.7 Å². The maximum atomic E-state index is 9.16. The van der Waals surface area contributed by atoms with Gasteiger partial charge in [0.1, 0.15) is 5.75 Å². The van der Waals surface area contributed by atoms with E-state index >= 15 is 0 Å². The Bertz CT molecular complexity index is 959. The van der Waals surface area contributed by atoms with Gasteiger partial charge in [0.15, 0.2) is 11.5 Å². The average molecular weight is 438 g/mol. The van der Waals surface area contributed by atoms with E-state index in [2.05, 4.69) is 35.3 Å². The lowest BCUT2D eigenvalue weighted by molar-refractivity contribution is -0.268. The molecule has 0 spiro atoms. The molecule has 2 aliphatic heterocycles. The van der Waals surface area contributed by atoms with Crippen LogP contribution in [0.5, 0.6) is 17.2 Å². The Morgan fingerprint density at radius 1 is 1.19 bits per heavy atom. The zero-order chi connectivity index (χ0) is 22.6. The van der Waals surface area contributed by atoms with Crippen LogP contribution in [0.15, 0.2) is 42.5 Å². The average Bonchev–Trinajstić information content (AvgIpc) is 2.82. The highest BCUT2D eigenvalue weighted by atomic mass is 16.7. The van der Waals surface area contributed by atoms with Gasteiger partial charge in [-0.1, -0.05) is 25.5 Å². The Morgan fingerprint density at radius 2 is 1.97 bits per heavy atom. The molecule has 7 nitrogen and oxygen atoms in total. The summed E-state index contributed by atoms with van der Waals surface area (Å²) in [7, 11) is 3.23. The fraction of sp³-hybridized carbons (Fsp3) is 0.480. The van der Waals surface area contributed by atoms with E-state index < -0.39 is 5.79 Å². The molecular formula is C25H31N3O4. The summed E-state index contributed by atoms with van der Waals surface area (Å²) in [5.74, 6) is 1.17. The second-order valence-corrected chi connectivity index (χ2v) is 8.37. The van der Waals surface area contributed by atoms with E-state index in [0.717, 1.165) is 25.9 Å². The van der Waals surface area contributed by atoms with Crippen LogP contribution in [0.4, 0.5) is 0 Å². The molecule has 2 fully saturated rings. The molecule has 2 aromatic carbocycles. The van der Waals surface area contributed by atoms with Gasteiger partial charge in [0.2, 0.25) is 5.79 Å². The molecular weight excluding hydrogens is 406 g/mol. The lowest BCUT2D eigenvalue weighted by Gasteiger charge is -2.51. The van der Waals surface area contributed by atoms with Gasteiger partial charge in [-0.15, -0.1) is 0 Å². The molecule has 2 aromatic rings. The van der Waals surface area contributed by atoms with Crippen molar-refractivity contribution < 1.29 is 18.9 Å². The van der Waals surface area contributed by atoms with Crippen molar-refractivity contribution >= 4 is 0 Å². The molecule has 32 heavy (non-hydrogen) atoms. The zero-order valence-corrected chi connectivity index (χ0v) is 19.0. The normalized spacial score (nSPS) is 23.8. The topological polar surface area (TPSA) is 76.0 Å². The first kappa shape index (κ1) is 22.4. The Kier molecular flexibility index (Phi) is 6.85. The maximum Gasteiger partial charge on any atom is 0.236 e. The molecule has 0 aliphatic carbocycles. The van der Waals surface area contributed by atoms with Crippen LogP contribution in [-0.4, -0.2) is 57.2 Å². The second-order valence-electron chi connectivity index (χ2n) is 8.37. The summed E-state index contributed by atoms with van der Waals surface area (Å²) in [6.07, 6.45) is 2.13. The van der Waals surface area contributed by atoms with Crippen LogP contribution in [0.25, 0.3) is 0 Å². The number of ether oxygens (including phenoxy) is 4. The fourth-order valence-electron chi connectivity index (χ4n) is 4.68. The summed E-state index contributed by atoms with van der Waals surface area (Å²) in [4.78, 5) is 2.47. The van der Waals surface area contributed by atoms with E-state index in [1.165, 1.54) is 5.56 Å². The van der Waals surface area contributed by atoms with Gasteiger partial charge < -0.3 is 24.3 Å². The van der Waals surface area contributed by atoms with E-state index in [1.54, 1.807) is 14.2 Å². The first-order valence-corrected chi connectivity index (χ1v) is 11.1. The van der Waals surface area contributed by atoms with Crippen molar-refractivity contribution in [1.82, 2.24) is 10.2 Å². The fourth-order valence-corrected chi connectivity index (χ4v) is 4.68. The quantitative estimate of drug-likeness (QED) is 0.677. The summed E-state index contributed by atoms with van der Waals surface area (Å²) in [5, 5.41) is 12.6. The van der Waals surface area contributed by atoms with E-state index in [0.29, 0.717) is 35.9 Å². The zero-order valence-electron chi connectivity index (χ0n) is 19.0. The molecule has 0 radical (unpaired) electrons. The molecule has 170 valence electrons. The van der Waals surface area contributed by atoms with Gasteiger partial charge in [-0.25, -0.2) is 0 Å². The smallest absolute Gasteiger partial charge is 0.236 e. The number of fused-ring (bicyclic) bond motifs is 2. The monoisotopic (exact) mass is 437 g/mol. The van der Waals surface area contributed by atoms with Crippen molar-refractivity contribution in [3.8, 4) is 23.3 Å². The molecule has 2 saturated heterocycles. The SMILES string of the molecule is CCCC(c1ccc(C#N)cc1)N1CC2CNCC(Oc3ccc(OC)c(OC)c3)(C1)O2. The molecule has 2 aliphatic rings. The molecule has 3 atom stereocenters. The third-order valence-electron chi connectivity index (χ3n) is 6.12. The Balaban J connectivity index is 1.59. The van der Waals surface area contributed by atoms with Crippen LogP contribution in [0.1, 0.15) is 36.9 Å². The molecule has 0 amide bonds. The highest BCUT2D eigenvalue weighted by Gasteiger charge is 2.47. The molecule has 1 N–H and O–H groups in total. The van der Waals surface area contributed by atoms with Crippen molar-refractivity contribution in [3.63, 3.8) is 0 Å². The van der Waals surface area contributed by atoms with Crippen LogP contribution < -0.4 is 19.5 Å². The van der Waals surface area contributed by atoms with Gasteiger partial charge in [0.05, 0.1) is 45.0 Å². The van der Waals surface area contributed by atoms with Crippen LogP contribution in [-0.2, 0) is 4.74 Å². The van der Waals surface area contributed by atoms with Crippen LogP contribution >= 0.6 is 0 Å². The van der Waals surface area contributed by atoms with Gasteiger partial charge in [-0.2, -0.15) is 5.26 Å². The predicted octanol–water partition coefficient (Wildman–Crippen LogP) is 3.50. The first-order chi connectivity index (χ1) is 15.6. The van der Waals surface area contributed by atoms with Gasteiger partial charge in [-0.3, -0.25) is 4.90 Å². The molecule has 0 aromatic heterocycles. The molecule has 7 heteroatoms. The molecule has 3 unspecified atom stereocenters. The third-order valence-corrected chi connectivity index (χ3v) is 6.12. The highest BCUT2D eigenvalue weighted by molar-refractivity contribution is 5.45. The number of methoxy groups -OCH3 is 2. The number of hydrogen-bond donors (Lipinski definition) is 1. The summed E-state index contributed by atoms with van der Waals surface area (Å²) in [5.41, 5.74) is 1.90. The van der Waals surface area contributed by atoms with Gasteiger partial charge in [0, 0.05) is 25.2 Å². The molecule has 2 bridgehead atoms. The number of nitrogens with one attached hydrogen (secondary N) is 1. The first-order valence-electron chi connectivity index (χ1n) is 11.1. The molecule has 2 heterocycles. The minimum Gasteiger partial charge on any atom is -0.493 e. The maximum absolute atomic E-state index is 9.16. The standard InChI is InChI=1S/C25H31N3O4/c1-4-5-22(19-8-6-18(13-26)7-9-19)28-15-21-14-27-16-25(17-28,32-21)31-20-10-11-23(29-2)24(12-20)30-3/h6-12,21-22,27H,4-5,14-17H2,1-3H3. The van der Waals surface area contributed by atoms with Crippen LogP contribution in [0.2, 0.25) is 0 Å². The molecule has 4 rings (SSSR count). The Morgan fingerprint density at radius 3 is 2.66 bits per heavy atom. The summed E-state index contributed by atoms with van der Waals surface area (Å²) < 4.78 is 23.7. The lowest BCUT2D eigenvalue weighted by atomic mass is 9.96. The van der Waals surface area contributed by atoms with E-state index in [9.17, 15) is 0 Å². The number of benzene rings is 2. The number of rotatable bonds is 8. The largest absolute Gasteiger partial charge is 0.493 e. The highest BCUT2D eigenvalue weighted by Crippen LogP contribution is 2.37. The van der Waals surface area contributed by atoms with Crippen molar-refractivity contribution in [2.24, 2.45) is 0 Å². The van der Waals surface area contributed by atoms with Gasteiger partial charge in [0.25, 0.3) is 0 Å². The summed E-state index contributed by atoms with van der Waals surface area (Å²) >= 11 is 0. The predicted molar refractivity (Wildman–Crippen MR) is 121 cm³/mol. The van der Waals surface area contributed by atoms with Crippen LogP contribution in [0.3, 0.4) is 0 Å². The number of morpholine rings is 2. The van der Waals surface area contributed by atoms with Crippen molar-refractivity contribution in [1.29, 1.82) is 5.26 Å². The number of hydrogen-bond acceptors (Lipinski definition) is 7. The van der Waals surface area contributed by atoms with Crippen LogP contribution in [0, 0.1) is 11.3 Å². The number of nitrogens with zero attached hydrogens (tertiary/aromatic N) is 2. The lowest BCUT2D eigenvalue weighted by Crippen LogP contribution is -2.68. The summed E-state index contributed by atoms with van der Waals surface area (Å²) in [6, 6.07) is 16.0. The van der Waals surface area contributed by atoms with E-state index in [1.807, 2.05) is 30.3 Å². The minimum atomic E-state index is -0.792. The van der Waals surface area contributed by atoms with Gasteiger partial charge >= 0.3 is 0 Å². The Hall–Kier alpha value is -2.79. The van der Waals surface area contributed by atoms with Crippen molar-refractivity contribution in [2.75, 3.05) is 40.4 Å². The van der Waals surface area contributed by atoms with Crippen molar-refractivity contribution in [3.05, 3.63) is 53.6 Å².